The Morgan fingerprint density at radius 3 is 2.75 bits per heavy atom. The molecule has 0 unspecified atom stereocenters. The summed E-state index contributed by atoms with van der Waals surface area (Å²) < 4.78 is 0. The van der Waals surface area contributed by atoms with E-state index in [4.69, 9.17) is 5.41 Å². The lowest BCUT2D eigenvalue weighted by molar-refractivity contribution is -0.129. The van der Waals surface area contributed by atoms with E-state index < -0.39 is 0 Å². The monoisotopic (exact) mass is 217 g/mol. The fraction of sp³-hybridized carbons (Fsp3) is 0.333. The highest BCUT2D eigenvalue weighted by atomic mass is 16.2. The number of likely N-dealkylation sites (N-methyl/N-ethyl adjacent to an activating group) is 1. The van der Waals surface area contributed by atoms with Gasteiger partial charge in [-0.3, -0.25) is 10.2 Å². The van der Waals surface area contributed by atoms with Crippen molar-refractivity contribution >= 4 is 11.7 Å². The van der Waals surface area contributed by atoms with Gasteiger partial charge in [-0.2, -0.15) is 0 Å². The summed E-state index contributed by atoms with van der Waals surface area (Å²) in [7, 11) is 3.46. The second kappa shape index (κ2) is 3.96. The first kappa shape index (κ1) is 10.7. The highest BCUT2D eigenvalue weighted by molar-refractivity contribution is 6.01. The third kappa shape index (κ3) is 1.78. The number of hydrogen-bond acceptors (Lipinski definition) is 2. The Labute approximate surface area is 95.0 Å². The molecule has 1 heterocycles. The van der Waals surface area contributed by atoms with Gasteiger partial charge >= 0.3 is 0 Å². The number of carbonyl (C=O) groups excluding carboxylic acids is 1. The Balaban J connectivity index is 2.13. The summed E-state index contributed by atoms with van der Waals surface area (Å²) in [6, 6.07) is 7.82. The number of amides is 1. The molecule has 0 saturated heterocycles. The quantitative estimate of drug-likeness (QED) is 0.800. The van der Waals surface area contributed by atoms with Crippen LogP contribution in [0.5, 0.6) is 0 Å². The predicted molar refractivity (Wildman–Crippen MR) is 62.4 cm³/mol. The molecule has 4 nitrogen and oxygen atoms in total. The van der Waals surface area contributed by atoms with Crippen molar-refractivity contribution in [1.82, 2.24) is 9.80 Å². The van der Waals surface area contributed by atoms with Gasteiger partial charge in [0.2, 0.25) is 5.91 Å². The van der Waals surface area contributed by atoms with Crippen LogP contribution in [-0.2, 0) is 11.3 Å². The largest absolute Gasteiger partial charge is 0.347 e. The summed E-state index contributed by atoms with van der Waals surface area (Å²) in [4.78, 5) is 14.9. The highest BCUT2D eigenvalue weighted by Crippen LogP contribution is 2.21. The van der Waals surface area contributed by atoms with Gasteiger partial charge in [0, 0.05) is 26.2 Å². The normalized spacial score (nSPS) is 13.9. The van der Waals surface area contributed by atoms with Crippen molar-refractivity contribution in [3.05, 3.63) is 35.4 Å². The summed E-state index contributed by atoms with van der Waals surface area (Å²) in [5.74, 6) is 0.475. The van der Waals surface area contributed by atoms with Crippen molar-refractivity contribution < 1.29 is 4.79 Å². The average molecular weight is 217 g/mol. The predicted octanol–water partition coefficient (Wildman–Crippen LogP) is 0.916. The van der Waals surface area contributed by atoms with Crippen LogP contribution < -0.4 is 0 Å². The third-order valence-electron chi connectivity index (χ3n) is 2.77. The molecule has 0 atom stereocenters. The van der Waals surface area contributed by atoms with Gasteiger partial charge in [-0.05, 0) is 5.56 Å². The van der Waals surface area contributed by atoms with Crippen molar-refractivity contribution in [1.29, 1.82) is 5.41 Å². The Kier molecular flexibility index (Phi) is 2.64. The number of carbonyl (C=O) groups is 1. The lowest BCUT2D eigenvalue weighted by atomic mass is 10.1. The van der Waals surface area contributed by atoms with E-state index in [1.54, 1.807) is 23.9 Å². The van der Waals surface area contributed by atoms with E-state index in [2.05, 4.69) is 0 Å². The number of amidine groups is 1. The van der Waals surface area contributed by atoms with Gasteiger partial charge in [-0.25, -0.2) is 0 Å². The van der Waals surface area contributed by atoms with Gasteiger partial charge in [0.25, 0.3) is 0 Å². The minimum Gasteiger partial charge on any atom is -0.347 e. The van der Waals surface area contributed by atoms with Gasteiger partial charge in [0.1, 0.15) is 5.84 Å². The molecule has 1 amide bonds. The first-order valence-electron chi connectivity index (χ1n) is 5.21. The lowest BCUT2D eigenvalue weighted by Crippen LogP contribution is -2.36. The number of fused-ring (bicyclic) bond motifs is 1. The third-order valence-corrected chi connectivity index (χ3v) is 2.77. The van der Waals surface area contributed by atoms with Gasteiger partial charge in [-0.1, -0.05) is 24.3 Å². The average Bonchev–Trinajstić information content (AvgIpc) is 2.56. The number of nitrogens with zero attached hydrogens (tertiary/aromatic N) is 2. The van der Waals surface area contributed by atoms with Crippen molar-refractivity contribution in [3.8, 4) is 0 Å². The standard InChI is InChI=1S/C12H15N3O/c1-14(2)11(16)8-15-7-9-5-3-4-6-10(9)12(15)13/h3-6,13H,7-8H2,1-2H3. The van der Waals surface area contributed by atoms with Gasteiger partial charge in [-0.15, -0.1) is 0 Å². The number of nitrogens with one attached hydrogen (secondary N) is 1. The summed E-state index contributed by atoms with van der Waals surface area (Å²) in [6.45, 7) is 0.940. The second-order valence-electron chi connectivity index (χ2n) is 4.15. The molecule has 0 saturated carbocycles. The topological polar surface area (TPSA) is 47.4 Å². The highest BCUT2D eigenvalue weighted by Gasteiger charge is 2.25. The van der Waals surface area contributed by atoms with E-state index in [1.807, 2.05) is 24.3 Å². The molecule has 16 heavy (non-hydrogen) atoms. The van der Waals surface area contributed by atoms with Crippen LogP contribution in [0.3, 0.4) is 0 Å². The van der Waals surface area contributed by atoms with Gasteiger partial charge in [0.15, 0.2) is 0 Å². The zero-order chi connectivity index (χ0) is 11.7. The minimum atomic E-state index is 0.0255. The summed E-state index contributed by atoms with van der Waals surface area (Å²) in [5, 5.41) is 7.98. The van der Waals surface area contributed by atoms with Crippen LogP contribution in [0.2, 0.25) is 0 Å². The molecule has 1 N–H and O–H groups in total. The van der Waals surface area contributed by atoms with Gasteiger partial charge in [0.05, 0.1) is 6.54 Å². The van der Waals surface area contributed by atoms with Crippen molar-refractivity contribution in [3.63, 3.8) is 0 Å². The van der Waals surface area contributed by atoms with Crippen molar-refractivity contribution in [2.75, 3.05) is 20.6 Å². The molecule has 0 aromatic heterocycles. The minimum absolute atomic E-state index is 0.0255. The smallest absolute Gasteiger partial charge is 0.241 e. The molecular weight excluding hydrogens is 202 g/mol. The van der Waals surface area contributed by atoms with E-state index in [9.17, 15) is 4.79 Å². The maximum absolute atomic E-state index is 11.6. The van der Waals surface area contributed by atoms with Crippen LogP contribution in [0, 0.1) is 5.41 Å². The molecule has 0 fully saturated rings. The summed E-state index contributed by atoms with van der Waals surface area (Å²) in [5.41, 5.74) is 2.06. The first-order valence-corrected chi connectivity index (χ1v) is 5.21. The SMILES string of the molecule is CN(C)C(=O)CN1Cc2ccccc2C1=N. The molecular formula is C12H15N3O. The molecule has 1 aliphatic heterocycles. The molecule has 0 spiro atoms. The van der Waals surface area contributed by atoms with Crippen LogP contribution in [0.4, 0.5) is 0 Å². The molecule has 1 aliphatic rings. The first-order chi connectivity index (χ1) is 7.59. The molecule has 4 heteroatoms. The molecule has 1 aromatic carbocycles. The van der Waals surface area contributed by atoms with Crippen molar-refractivity contribution in [2.45, 2.75) is 6.54 Å². The van der Waals surface area contributed by atoms with E-state index in [0.29, 0.717) is 12.4 Å². The van der Waals surface area contributed by atoms with E-state index in [-0.39, 0.29) is 12.5 Å². The lowest BCUT2D eigenvalue weighted by Gasteiger charge is -2.19. The zero-order valence-electron chi connectivity index (χ0n) is 9.53. The van der Waals surface area contributed by atoms with Crippen LogP contribution in [-0.4, -0.2) is 42.2 Å². The van der Waals surface area contributed by atoms with Gasteiger partial charge < -0.3 is 9.80 Å². The van der Waals surface area contributed by atoms with Crippen LogP contribution >= 0.6 is 0 Å². The zero-order valence-corrected chi connectivity index (χ0v) is 9.53. The molecule has 0 bridgehead atoms. The Hall–Kier alpha value is -1.84. The summed E-state index contributed by atoms with van der Waals surface area (Å²) in [6.07, 6.45) is 0. The summed E-state index contributed by atoms with van der Waals surface area (Å²) >= 11 is 0. The molecule has 1 aromatic rings. The fourth-order valence-electron chi connectivity index (χ4n) is 1.78. The van der Waals surface area contributed by atoms with Crippen LogP contribution in [0.1, 0.15) is 11.1 Å². The van der Waals surface area contributed by atoms with Crippen LogP contribution in [0.25, 0.3) is 0 Å². The van der Waals surface area contributed by atoms with E-state index in [1.165, 1.54) is 0 Å². The molecule has 84 valence electrons. The van der Waals surface area contributed by atoms with E-state index >= 15 is 0 Å². The molecule has 0 radical (unpaired) electrons. The Bertz CT molecular complexity index is 440. The number of benzene rings is 1. The number of hydrogen-bond donors (Lipinski definition) is 1. The molecule has 2 rings (SSSR count). The second-order valence-corrected chi connectivity index (χ2v) is 4.15. The maximum Gasteiger partial charge on any atom is 0.241 e. The maximum atomic E-state index is 11.6. The fourth-order valence-corrected chi connectivity index (χ4v) is 1.78. The van der Waals surface area contributed by atoms with E-state index in [0.717, 1.165) is 11.1 Å². The Morgan fingerprint density at radius 2 is 2.12 bits per heavy atom. The van der Waals surface area contributed by atoms with Crippen LogP contribution in [0.15, 0.2) is 24.3 Å². The van der Waals surface area contributed by atoms with Crippen molar-refractivity contribution in [2.24, 2.45) is 0 Å². The Morgan fingerprint density at radius 1 is 1.44 bits per heavy atom. The molecule has 0 aliphatic carbocycles. The number of rotatable bonds is 2.